The Morgan fingerprint density at radius 3 is 2.35 bits per heavy atom. The Morgan fingerprint density at radius 2 is 1.90 bits per heavy atom. The summed E-state index contributed by atoms with van der Waals surface area (Å²) in [5.41, 5.74) is -0.973. The SMILES string of the molecule is C[C@H]1OC(C)(C)N(C(=O)OCC[Si](C)(C)C)[C@@H]1C(=O)O. The molecule has 1 aliphatic heterocycles. The second-order valence-corrected chi connectivity index (χ2v) is 12.5. The van der Waals surface area contributed by atoms with E-state index < -0.39 is 38.0 Å². The van der Waals surface area contributed by atoms with Crippen molar-refractivity contribution in [3.05, 3.63) is 0 Å². The van der Waals surface area contributed by atoms with E-state index in [1.54, 1.807) is 20.8 Å². The number of carboxylic acid groups (broad SMARTS) is 1. The van der Waals surface area contributed by atoms with E-state index in [-0.39, 0.29) is 0 Å². The normalized spacial score (nSPS) is 25.6. The van der Waals surface area contributed by atoms with Gasteiger partial charge in [0.25, 0.3) is 0 Å². The van der Waals surface area contributed by atoms with Gasteiger partial charge < -0.3 is 14.6 Å². The van der Waals surface area contributed by atoms with Gasteiger partial charge in [-0.25, -0.2) is 9.59 Å². The summed E-state index contributed by atoms with van der Waals surface area (Å²) in [6, 6.07) is -0.161. The van der Waals surface area contributed by atoms with Crippen LogP contribution in [0.4, 0.5) is 4.79 Å². The molecule has 0 radical (unpaired) electrons. The molecular formula is C13H25NO5Si. The molecule has 0 unspecified atom stereocenters. The van der Waals surface area contributed by atoms with Crippen molar-refractivity contribution in [2.24, 2.45) is 0 Å². The quantitative estimate of drug-likeness (QED) is 0.807. The Kier molecular flexibility index (Phi) is 4.86. The van der Waals surface area contributed by atoms with Crippen LogP contribution in [-0.2, 0) is 14.3 Å². The first-order valence-corrected chi connectivity index (χ1v) is 10.5. The Morgan fingerprint density at radius 1 is 1.35 bits per heavy atom. The van der Waals surface area contributed by atoms with Crippen molar-refractivity contribution >= 4 is 20.1 Å². The Labute approximate surface area is 121 Å². The van der Waals surface area contributed by atoms with Gasteiger partial charge in [0.05, 0.1) is 12.7 Å². The van der Waals surface area contributed by atoms with Crippen molar-refractivity contribution in [1.29, 1.82) is 0 Å². The summed E-state index contributed by atoms with van der Waals surface area (Å²) in [5.74, 6) is -1.08. The molecule has 2 atom stereocenters. The number of ether oxygens (including phenoxy) is 2. The topological polar surface area (TPSA) is 76.1 Å². The molecule has 1 heterocycles. The van der Waals surface area contributed by atoms with Gasteiger partial charge in [0.15, 0.2) is 6.04 Å². The van der Waals surface area contributed by atoms with Crippen LogP contribution in [0.15, 0.2) is 0 Å². The molecule has 0 saturated carbocycles. The largest absolute Gasteiger partial charge is 0.480 e. The maximum absolute atomic E-state index is 12.2. The molecule has 0 aromatic heterocycles. The van der Waals surface area contributed by atoms with Gasteiger partial charge in [-0.15, -0.1) is 0 Å². The third kappa shape index (κ3) is 3.96. The number of carbonyl (C=O) groups is 2. The second kappa shape index (κ2) is 5.73. The molecule has 1 aliphatic rings. The zero-order valence-corrected chi connectivity index (χ0v) is 14.1. The lowest BCUT2D eigenvalue weighted by Gasteiger charge is -2.31. The molecular weight excluding hydrogens is 278 g/mol. The second-order valence-electron chi connectivity index (χ2n) is 6.85. The standard InChI is InChI=1S/C13H25NO5Si/c1-9-10(11(15)16)14(13(2,3)19-9)12(17)18-7-8-20(4,5)6/h9-10H,7-8H2,1-6H3,(H,15,16)/t9-,10+/m1/s1. The number of aliphatic carboxylic acids is 1. The van der Waals surface area contributed by atoms with Crippen LogP contribution in [0, 0.1) is 0 Å². The molecule has 0 bridgehead atoms. The fraction of sp³-hybridized carbons (Fsp3) is 0.846. The van der Waals surface area contributed by atoms with Crippen LogP contribution < -0.4 is 0 Å². The molecule has 0 aromatic rings. The summed E-state index contributed by atoms with van der Waals surface area (Å²) in [7, 11) is -1.29. The monoisotopic (exact) mass is 303 g/mol. The zero-order chi connectivity index (χ0) is 15.7. The van der Waals surface area contributed by atoms with Crippen LogP contribution in [0.2, 0.25) is 25.7 Å². The summed E-state index contributed by atoms with van der Waals surface area (Å²) < 4.78 is 10.8. The summed E-state index contributed by atoms with van der Waals surface area (Å²) in [6.45, 7) is 11.9. The third-order valence-electron chi connectivity index (χ3n) is 3.30. The van der Waals surface area contributed by atoms with Crippen LogP contribution in [0.3, 0.4) is 0 Å². The average molecular weight is 303 g/mol. The summed E-state index contributed by atoms with van der Waals surface area (Å²) in [4.78, 5) is 24.7. The molecule has 1 N–H and O–H groups in total. The maximum Gasteiger partial charge on any atom is 0.412 e. The van der Waals surface area contributed by atoms with E-state index in [0.717, 1.165) is 6.04 Å². The number of carboxylic acids is 1. The van der Waals surface area contributed by atoms with Crippen LogP contribution in [0.25, 0.3) is 0 Å². The van der Waals surface area contributed by atoms with E-state index in [4.69, 9.17) is 9.47 Å². The Balaban J connectivity index is 2.75. The highest BCUT2D eigenvalue weighted by atomic mass is 28.3. The molecule has 7 heteroatoms. The Hall–Kier alpha value is -1.08. The maximum atomic E-state index is 12.2. The van der Waals surface area contributed by atoms with Crippen LogP contribution >= 0.6 is 0 Å². The highest BCUT2D eigenvalue weighted by Gasteiger charge is 2.52. The molecule has 1 rings (SSSR count). The molecule has 0 aliphatic carbocycles. The molecule has 0 spiro atoms. The van der Waals surface area contributed by atoms with Gasteiger partial charge >= 0.3 is 12.1 Å². The van der Waals surface area contributed by atoms with E-state index in [1.807, 2.05) is 0 Å². The van der Waals surface area contributed by atoms with Gasteiger partial charge in [-0.05, 0) is 26.8 Å². The third-order valence-corrected chi connectivity index (χ3v) is 5.01. The van der Waals surface area contributed by atoms with Crippen molar-refractivity contribution in [3.8, 4) is 0 Å². The molecule has 1 saturated heterocycles. The summed E-state index contributed by atoms with van der Waals surface area (Å²) in [5, 5.41) is 9.27. The lowest BCUT2D eigenvalue weighted by molar-refractivity contribution is -0.143. The smallest absolute Gasteiger partial charge is 0.412 e. The molecule has 116 valence electrons. The molecule has 1 amide bonds. The number of rotatable bonds is 4. The van der Waals surface area contributed by atoms with Crippen molar-refractivity contribution in [1.82, 2.24) is 4.90 Å². The van der Waals surface area contributed by atoms with Crippen LogP contribution in [0.1, 0.15) is 20.8 Å². The van der Waals surface area contributed by atoms with E-state index in [1.165, 1.54) is 4.90 Å². The highest BCUT2D eigenvalue weighted by Crippen LogP contribution is 2.32. The van der Waals surface area contributed by atoms with Gasteiger partial charge in [-0.1, -0.05) is 19.6 Å². The number of hydrogen-bond donors (Lipinski definition) is 1. The minimum Gasteiger partial charge on any atom is -0.480 e. The predicted octanol–water partition coefficient (Wildman–Crippen LogP) is 2.37. The minimum absolute atomic E-state index is 0.321. The predicted molar refractivity (Wildman–Crippen MR) is 77.4 cm³/mol. The zero-order valence-electron chi connectivity index (χ0n) is 13.1. The number of carbonyl (C=O) groups excluding carboxylic acids is 1. The van der Waals surface area contributed by atoms with Crippen molar-refractivity contribution < 1.29 is 24.2 Å². The van der Waals surface area contributed by atoms with Gasteiger partial charge in [0, 0.05) is 8.07 Å². The first-order valence-electron chi connectivity index (χ1n) is 6.82. The lowest BCUT2D eigenvalue weighted by atomic mass is 10.1. The molecule has 1 fully saturated rings. The van der Waals surface area contributed by atoms with Gasteiger partial charge in [-0.2, -0.15) is 0 Å². The Bertz CT molecular complexity index is 391. The minimum atomic E-state index is -1.29. The van der Waals surface area contributed by atoms with E-state index in [2.05, 4.69) is 19.6 Å². The van der Waals surface area contributed by atoms with Crippen LogP contribution in [0.5, 0.6) is 0 Å². The highest BCUT2D eigenvalue weighted by molar-refractivity contribution is 6.76. The number of amides is 1. The van der Waals surface area contributed by atoms with Crippen molar-refractivity contribution in [2.75, 3.05) is 6.61 Å². The first-order chi connectivity index (χ1) is 8.96. The van der Waals surface area contributed by atoms with Gasteiger partial charge in [-0.3, -0.25) is 4.90 Å². The number of hydrogen-bond acceptors (Lipinski definition) is 4. The first kappa shape index (κ1) is 17.0. The average Bonchev–Trinajstić information content (AvgIpc) is 2.45. The van der Waals surface area contributed by atoms with E-state index in [0.29, 0.717) is 6.61 Å². The van der Waals surface area contributed by atoms with Gasteiger partial charge in [0.2, 0.25) is 0 Å². The fourth-order valence-electron chi connectivity index (χ4n) is 2.28. The van der Waals surface area contributed by atoms with Crippen molar-refractivity contribution in [3.63, 3.8) is 0 Å². The van der Waals surface area contributed by atoms with Gasteiger partial charge in [0.1, 0.15) is 5.72 Å². The lowest BCUT2D eigenvalue weighted by Crippen LogP contribution is -2.51. The summed E-state index contributed by atoms with van der Waals surface area (Å²) >= 11 is 0. The fourth-order valence-corrected chi connectivity index (χ4v) is 2.99. The van der Waals surface area contributed by atoms with E-state index in [9.17, 15) is 14.7 Å². The van der Waals surface area contributed by atoms with Crippen LogP contribution in [-0.4, -0.2) is 54.6 Å². The molecule has 6 nitrogen and oxygen atoms in total. The summed E-state index contributed by atoms with van der Waals surface area (Å²) in [6.07, 6.45) is -1.18. The molecule has 20 heavy (non-hydrogen) atoms. The number of nitrogens with zero attached hydrogens (tertiary/aromatic N) is 1. The van der Waals surface area contributed by atoms with E-state index >= 15 is 0 Å². The molecule has 0 aromatic carbocycles. The van der Waals surface area contributed by atoms with Crippen molar-refractivity contribution in [2.45, 2.75) is 64.3 Å².